The largest absolute Gasteiger partial charge is 0.382 e. The first kappa shape index (κ1) is 24.8. The Kier molecular flexibility index (Phi) is 6.65. The van der Waals surface area contributed by atoms with E-state index >= 15 is 0 Å². The number of alkyl halides is 1. The van der Waals surface area contributed by atoms with Gasteiger partial charge in [-0.2, -0.15) is 5.10 Å². The highest BCUT2D eigenvalue weighted by Crippen LogP contribution is 2.31. The number of hydrogen-bond donors (Lipinski definition) is 1. The number of pyridine rings is 1. The van der Waals surface area contributed by atoms with E-state index in [4.69, 9.17) is 9.97 Å². The monoisotopic (exact) mass is 507 g/mol. The van der Waals surface area contributed by atoms with Crippen molar-refractivity contribution in [2.75, 3.05) is 31.1 Å². The third-order valence-corrected chi connectivity index (χ3v) is 6.37. The Bertz CT molecular complexity index is 1440. The van der Waals surface area contributed by atoms with Gasteiger partial charge in [-0.3, -0.25) is 14.7 Å². The van der Waals surface area contributed by atoms with E-state index in [1.165, 1.54) is 43.1 Å². The molecule has 0 bridgehead atoms. The second kappa shape index (κ2) is 9.91. The van der Waals surface area contributed by atoms with Crippen molar-refractivity contribution in [1.82, 2.24) is 29.6 Å². The van der Waals surface area contributed by atoms with Crippen molar-refractivity contribution in [3.8, 4) is 11.3 Å². The lowest BCUT2D eigenvalue weighted by Crippen LogP contribution is -2.46. The van der Waals surface area contributed by atoms with Gasteiger partial charge in [-0.25, -0.2) is 23.4 Å². The summed E-state index contributed by atoms with van der Waals surface area (Å²) >= 11 is 0. The molecule has 1 aromatic carbocycles. The maximum absolute atomic E-state index is 14.1. The fourth-order valence-electron chi connectivity index (χ4n) is 4.34. The maximum Gasteiger partial charge on any atom is 0.212 e. The van der Waals surface area contributed by atoms with Crippen LogP contribution in [0, 0.1) is 5.82 Å². The molecule has 4 heterocycles. The molecular formula is C26H27F2N7O2. The lowest BCUT2D eigenvalue weighted by molar-refractivity contribution is 0.0482. The van der Waals surface area contributed by atoms with Crippen LogP contribution in [0.15, 0.2) is 48.9 Å². The Morgan fingerprint density at radius 2 is 1.84 bits per heavy atom. The summed E-state index contributed by atoms with van der Waals surface area (Å²) in [5.41, 5.74) is 1.20. The molecule has 1 aliphatic rings. The molecule has 9 nitrogen and oxygen atoms in total. The van der Waals surface area contributed by atoms with Crippen molar-refractivity contribution in [2.24, 2.45) is 0 Å². The van der Waals surface area contributed by atoms with E-state index in [9.17, 15) is 18.7 Å². The Labute approximate surface area is 212 Å². The van der Waals surface area contributed by atoms with Gasteiger partial charge in [0.1, 0.15) is 28.3 Å². The fraction of sp³-hybridized carbons (Fsp3) is 0.346. The van der Waals surface area contributed by atoms with Gasteiger partial charge in [-0.15, -0.1) is 0 Å². The topological polar surface area (TPSA) is 100 Å². The summed E-state index contributed by atoms with van der Waals surface area (Å²) in [6.45, 7) is 5.13. The van der Waals surface area contributed by atoms with Gasteiger partial charge in [0.25, 0.3) is 0 Å². The predicted molar refractivity (Wildman–Crippen MR) is 134 cm³/mol. The summed E-state index contributed by atoms with van der Waals surface area (Å²) in [5, 5.41) is 14.2. The van der Waals surface area contributed by atoms with E-state index in [0.29, 0.717) is 66.4 Å². The van der Waals surface area contributed by atoms with Crippen LogP contribution in [0.1, 0.15) is 29.9 Å². The van der Waals surface area contributed by atoms with Crippen LogP contribution in [0.2, 0.25) is 0 Å². The van der Waals surface area contributed by atoms with Crippen LogP contribution in [0.5, 0.6) is 0 Å². The Balaban J connectivity index is 1.48. The third kappa shape index (κ3) is 5.18. The van der Waals surface area contributed by atoms with E-state index in [1.807, 2.05) is 6.07 Å². The summed E-state index contributed by atoms with van der Waals surface area (Å²) in [7, 11) is 0. The van der Waals surface area contributed by atoms with E-state index in [1.54, 1.807) is 18.3 Å². The molecule has 1 saturated heterocycles. The first-order chi connectivity index (χ1) is 17.7. The van der Waals surface area contributed by atoms with Crippen molar-refractivity contribution in [3.63, 3.8) is 0 Å². The number of fused-ring (bicyclic) bond motifs is 1. The molecule has 0 aliphatic carbocycles. The number of ketones is 1. The van der Waals surface area contributed by atoms with Crippen molar-refractivity contribution < 1.29 is 18.7 Å². The molecule has 0 spiro atoms. The van der Waals surface area contributed by atoms with Gasteiger partial charge in [0.2, 0.25) is 5.78 Å². The van der Waals surface area contributed by atoms with Gasteiger partial charge >= 0.3 is 0 Å². The highest BCUT2D eigenvalue weighted by Gasteiger charge is 2.28. The lowest BCUT2D eigenvalue weighted by atomic mass is 10.0. The van der Waals surface area contributed by atoms with E-state index < -0.39 is 18.2 Å². The van der Waals surface area contributed by atoms with Gasteiger partial charge in [-0.1, -0.05) is 18.2 Å². The fourth-order valence-corrected chi connectivity index (χ4v) is 4.34. The quantitative estimate of drug-likeness (QED) is 0.381. The Morgan fingerprint density at radius 1 is 1.08 bits per heavy atom. The molecule has 1 fully saturated rings. The summed E-state index contributed by atoms with van der Waals surface area (Å²) < 4.78 is 28.5. The standard InChI is InChI=1S/C26H27F2N7O2/c1-26(2,37)24(36)21-11-20-22(13-29-21)31-23(18-12-30-35(15-18)16-27)25(32-20)34-9-7-33(8-10-34)14-17-5-3-4-6-19(17)28/h3-6,11-13,15,37H,7-10,14,16H2,1-2H3. The zero-order valence-corrected chi connectivity index (χ0v) is 20.6. The lowest BCUT2D eigenvalue weighted by Gasteiger charge is -2.36. The van der Waals surface area contributed by atoms with Crippen molar-refractivity contribution >= 4 is 22.6 Å². The van der Waals surface area contributed by atoms with Crippen LogP contribution in [0.3, 0.4) is 0 Å². The second-order valence-corrected chi connectivity index (χ2v) is 9.58. The van der Waals surface area contributed by atoms with Crippen LogP contribution in [-0.4, -0.2) is 72.3 Å². The van der Waals surface area contributed by atoms with Crippen LogP contribution in [-0.2, 0) is 13.3 Å². The van der Waals surface area contributed by atoms with E-state index in [2.05, 4.69) is 19.9 Å². The number of hydrogen-bond acceptors (Lipinski definition) is 8. The molecule has 0 amide bonds. The molecule has 0 atom stereocenters. The molecule has 192 valence electrons. The first-order valence-electron chi connectivity index (χ1n) is 12.0. The number of aliphatic hydroxyl groups is 1. The summed E-state index contributed by atoms with van der Waals surface area (Å²) in [6, 6.07) is 8.28. The molecule has 1 aliphatic heterocycles. The molecule has 1 N–H and O–H groups in total. The molecule has 0 saturated carbocycles. The summed E-state index contributed by atoms with van der Waals surface area (Å²) in [5.74, 6) is -0.167. The number of rotatable bonds is 7. The van der Waals surface area contributed by atoms with Crippen molar-refractivity contribution in [3.05, 3.63) is 66.0 Å². The minimum absolute atomic E-state index is 0.0907. The molecule has 11 heteroatoms. The zero-order valence-electron chi connectivity index (χ0n) is 20.6. The predicted octanol–water partition coefficient (Wildman–Crippen LogP) is 3.23. The number of anilines is 1. The molecule has 0 unspecified atom stereocenters. The average Bonchev–Trinajstić information content (AvgIpc) is 3.38. The van der Waals surface area contributed by atoms with Gasteiger partial charge in [0.05, 0.1) is 17.9 Å². The van der Waals surface area contributed by atoms with Crippen LogP contribution in [0.25, 0.3) is 22.3 Å². The third-order valence-electron chi connectivity index (χ3n) is 6.37. The number of benzene rings is 1. The highest BCUT2D eigenvalue weighted by atomic mass is 19.1. The minimum atomic E-state index is -1.58. The molecule has 5 rings (SSSR count). The number of aromatic nitrogens is 5. The van der Waals surface area contributed by atoms with Crippen LogP contribution < -0.4 is 4.90 Å². The molecule has 4 aromatic rings. The SMILES string of the molecule is CC(C)(O)C(=O)c1cc2nc(N3CCN(Cc4ccccc4F)CC3)c(-c3cnn(CF)c3)nc2cn1. The number of nitrogens with zero attached hydrogens (tertiary/aromatic N) is 7. The normalized spacial score (nSPS) is 14.9. The number of carbonyl (C=O) groups is 1. The Morgan fingerprint density at radius 3 is 2.51 bits per heavy atom. The second-order valence-electron chi connectivity index (χ2n) is 9.58. The van der Waals surface area contributed by atoms with Crippen LogP contribution in [0.4, 0.5) is 14.6 Å². The van der Waals surface area contributed by atoms with Crippen molar-refractivity contribution in [1.29, 1.82) is 0 Å². The van der Waals surface area contributed by atoms with Gasteiger partial charge < -0.3 is 10.0 Å². The van der Waals surface area contributed by atoms with Crippen molar-refractivity contribution in [2.45, 2.75) is 32.8 Å². The average molecular weight is 508 g/mol. The zero-order chi connectivity index (χ0) is 26.2. The van der Waals surface area contributed by atoms with Gasteiger partial charge in [0, 0.05) is 50.0 Å². The highest BCUT2D eigenvalue weighted by molar-refractivity contribution is 6.02. The van der Waals surface area contributed by atoms with E-state index in [0.717, 1.165) is 0 Å². The number of halogens is 2. The maximum atomic E-state index is 14.1. The van der Waals surface area contributed by atoms with Gasteiger partial charge in [0.15, 0.2) is 12.6 Å². The first-order valence-corrected chi connectivity index (χ1v) is 12.0. The Hall–Kier alpha value is -3.83. The number of piperazine rings is 1. The summed E-state index contributed by atoms with van der Waals surface area (Å²) in [6.07, 6.45) is 4.54. The molecule has 0 radical (unpaired) electrons. The number of Topliss-reactive ketones (excluding diaryl/α,β-unsaturated/α-hetero) is 1. The van der Waals surface area contributed by atoms with E-state index in [-0.39, 0.29) is 11.5 Å². The smallest absolute Gasteiger partial charge is 0.212 e. The van der Waals surface area contributed by atoms with Crippen LogP contribution >= 0.6 is 0 Å². The molecule has 3 aromatic heterocycles. The molecule has 37 heavy (non-hydrogen) atoms. The minimum Gasteiger partial charge on any atom is -0.382 e. The van der Waals surface area contributed by atoms with Gasteiger partial charge in [-0.05, 0) is 26.0 Å². The number of carbonyl (C=O) groups excluding carboxylic acids is 1. The molecular weight excluding hydrogens is 480 g/mol. The summed E-state index contributed by atoms with van der Waals surface area (Å²) in [4.78, 5) is 30.6.